The van der Waals surface area contributed by atoms with Crippen LogP contribution in [-0.4, -0.2) is 42.7 Å². The van der Waals surface area contributed by atoms with E-state index in [2.05, 4.69) is 12.1 Å². The average molecular weight is 459 g/mol. The minimum Gasteiger partial charge on any atom is -0.497 e. The lowest BCUT2D eigenvalue weighted by atomic mass is 9.99. The Morgan fingerprint density at radius 3 is 2.58 bits per heavy atom. The molecule has 0 N–H and O–H groups in total. The van der Waals surface area contributed by atoms with Crippen molar-refractivity contribution in [1.29, 1.82) is 0 Å². The Hall–Kier alpha value is -3.25. The van der Waals surface area contributed by atoms with Crippen LogP contribution < -0.4 is 9.64 Å². The number of rotatable bonds is 5. The van der Waals surface area contributed by atoms with Crippen molar-refractivity contribution < 1.29 is 14.3 Å². The Morgan fingerprint density at radius 1 is 0.909 bits per heavy atom. The Bertz CT molecular complexity index is 1210. The van der Waals surface area contributed by atoms with Crippen molar-refractivity contribution in [3.63, 3.8) is 0 Å². The van der Waals surface area contributed by atoms with Gasteiger partial charge in [-0.1, -0.05) is 36.4 Å². The molecule has 0 bridgehead atoms. The average Bonchev–Trinajstić information content (AvgIpc) is 3.30. The van der Waals surface area contributed by atoms with Gasteiger partial charge in [0.25, 0.3) is 5.91 Å². The van der Waals surface area contributed by atoms with E-state index in [0.29, 0.717) is 24.4 Å². The maximum absolute atomic E-state index is 13.4. The van der Waals surface area contributed by atoms with Gasteiger partial charge >= 0.3 is 0 Å². The summed E-state index contributed by atoms with van der Waals surface area (Å²) in [5.74, 6) is 1.19. The fraction of sp³-hybridized carbons (Fsp3) is 0.259. The zero-order valence-electron chi connectivity index (χ0n) is 18.6. The smallest absolute Gasteiger partial charge is 0.255 e. The van der Waals surface area contributed by atoms with Gasteiger partial charge in [-0.3, -0.25) is 9.59 Å². The van der Waals surface area contributed by atoms with Crippen molar-refractivity contribution in [2.75, 3.05) is 30.9 Å². The predicted octanol–water partition coefficient (Wildman–Crippen LogP) is 4.58. The molecule has 2 amide bonds. The lowest BCUT2D eigenvalue weighted by molar-refractivity contribution is -0.116. The lowest BCUT2D eigenvalue weighted by Crippen LogP contribution is -2.36. The molecule has 3 aromatic rings. The molecule has 0 aliphatic carbocycles. The maximum atomic E-state index is 13.4. The zero-order valence-corrected chi connectivity index (χ0v) is 19.4. The summed E-state index contributed by atoms with van der Waals surface area (Å²) in [5, 5.41) is 0. The Kier molecular flexibility index (Phi) is 6.09. The number of benzene rings is 3. The van der Waals surface area contributed by atoms with Gasteiger partial charge in [-0.25, -0.2) is 0 Å². The van der Waals surface area contributed by atoms with E-state index in [1.807, 2.05) is 64.4 Å². The summed E-state index contributed by atoms with van der Waals surface area (Å²) in [5.41, 5.74) is 5.27. The van der Waals surface area contributed by atoms with Gasteiger partial charge in [0.15, 0.2) is 0 Å². The molecule has 0 aromatic heterocycles. The highest BCUT2D eigenvalue weighted by atomic mass is 32.2. The van der Waals surface area contributed by atoms with E-state index in [1.54, 1.807) is 7.11 Å². The van der Waals surface area contributed by atoms with Crippen molar-refractivity contribution in [2.45, 2.75) is 24.3 Å². The van der Waals surface area contributed by atoms with E-state index in [-0.39, 0.29) is 11.8 Å². The first-order valence-corrected chi connectivity index (χ1v) is 12.2. The number of thioether (sulfide) groups is 1. The molecule has 33 heavy (non-hydrogen) atoms. The van der Waals surface area contributed by atoms with Crippen LogP contribution in [0.3, 0.4) is 0 Å². The molecule has 0 atom stereocenters. The highest BCUT2D eigenvalue weighted by Crippen LogP contribution is 2.31. The molecule has 6 heteroatoms. The van der Waals surface area contributed by atoms with Gasteiger partial charge in [-0.15, -0.1) is 11.8 Å². The number of carbonyl (C=O) groups is 2. The second kappa shape index (κ2) is 9.32. The van der Waals surface area contributed by atoms with Gasteiger partial charge < -0.3 is 14.5 Å². The molecular weight excluding hydrogens is 432 g/mol. The van der Waals surface area contributed by atoms with Crippen LogP contribution in [0.4, 0.5) is 5.69 Å². The molecule has 0 spiro atoms. The van der Waals surface area contributed by atoms with Crippen LogP contribution in [0.25, 0.3) is 0 Å². The molecule has 0 unspecified atom stereocenters. The molecule has 0 saturated carbocycles. The number of carbonyl (C=O) groups excluding carboxylic acids is 2. The van der Waals surface area contributed by atoms with Crippen molar-refractivity contribution in [2.24, 2.45) is 0 Å². The number of anilines is 1. The molecule has 3 aromatic carbocycles. The maximum Gasteiger partial charge on any atom is 0.255 e. The SMILES string of the molecule is COc1ccc2c(c1)CN(C(=O)c1ccccc1SCC(=O)N1CCc3ccccc31)CC2. The Balaban J connectivity index is 1.29. The van der Waals surface area contributed by atoms with E-state index in [9.17, 15) is 9.59 Å². The van der Waals surface area contributed by atoms with E-state index < -0.39 is 0 Å². The van der Waals surface area contributed by atoms with Gasteiger partial charge in [-0.2, -0.15) is 0 Å². The minimum atomic E-state index is 0.00513. The van der Waals surface area contributed by atoms with E-state index in [4.69, 9.17) is 4.74 Å². The van der Waals surface area contributed by atoms with Crippen LogP contribution in [0.15, 0.2) is 71.6 Å². The quantitative estimate of drug-likeness (QED) is 0.526. The van der Waals surface area contributed by atoms with Gasteiger partial charge in [0, 0.05) is 30.2 Å². The highest BCUT2D eigenvalue weighted by Gasteiger charge is 2.26. The topological polar surface area (TPSA) is 49.9 Å². The predicted molar refractivity (Wildman–Crippen MR) is 131 cm³/mol. The number of ether oxygens (including phenoxy) is 1. The number of nitrogens with zero attached hydrogens (tertiary/aromatic N) is 2. The summed E-state index contributed by atoms with van der Waals surface area (Å²) >= 11 is 1.44. The highest BCUT2D eigenvalue weighted by molar-refractivity contribution is 8.00. The second-order valence-electron chi connectivity index (χ2n) is 8.32. The molecule has 2 heterocycles. The van der Waals surface area contributed by atoms with Crippen molar-refractivity contribution >= 4 is 29.3 Å². The van der Waals surface area contributed by atoms with Gasteiger partial charge in [0.05, 0.1) is 18.4 Å². The summed E-state index contributed by atoms with van der Waals surface area (Å²) in [7, 11) is 1.66. The summed E-state index contributed by atoms with van der Waals surface area (Å²) < 4.78 is 5.36. The standard InChI is InChI=1S/C27H26N2O3S/c1-32-22-11-10-19-12-14-28(17-21(19)16-22)27(31)23-7-3-5-9-25(23)33-18-26(30)29-15-13-20-6-2-4-8-24(20)29/h2-11,16H,12-15,17-18H2,1H3. The summed E-state index contributed by atoms with van der Waals surface area (Å²) in [6.07, 6.45) is 1.72. The molecule has 0 radical (unpaired) electrons. The third-order valence-electron chi connectivity index (χ3n) is 6.37. The van der Waals surface area contributed by atoms with Crippen LogP contribution in [0.5, 0.6) is 5.75 Å². The first-order chi connectivity index (χ1) is 16.1. The number of para-hydroxylation sites is 1. The normalized spacial score (nSPS) is 14.6. The Morgan fingerprint density at radius 2 is 1.70 bits per heavy atom. The number of methoxy groups -OCH3 is 1. The molecule has 2 aliphatic rings. The third kappa shape index (κ3) is 4.35. The number of hydrogen-bond acceptors (Lipinski definition) is 4. The minimum absolute atomic E-state index is 0.00513. The summed E-state index contributed by atoms with van der Waals surface area (Å²) in [4.78, 5) is 31.0. The fourth-order valence-electron chi connectivity index (χ4n) is 4.59. The van der Waals surface area contributed by atoms with Crippen LogP contribution in [-0.2, 0) is 24.2 Å². The first-order valence-electron chi connectivity index (χ1n) is 11.2. The zero-order chi connectivity index (χ0) is 22.8. The van der Waals surface area contributed by atoms with Crippen LogP contribution in [0.1, 0.15) is 27.0 Å². The lowest BCUT2D eigenvalue weighted by Gasteiger charge is -2.29. The molecule has 5 nitrogen and oxygen atoms in total. The van der Waals surface area contributed by atoms with E-state index in [0.717, 1.165) is 41.3 Å². The number of fused-ring (bicyclic) bond motifs is 2. The fourth-order valence-corrected chi connectivity index (χ4v) is 5.51. The van der Waals surface area contributed by atoms with E-state index in [1.165, 1.54) is 22.9 Å². The third-order valence-corrected chi connectivity index (χ3v) is 7.43. The molecule has 0 saturated heterocycles. The number of amides is 2. The van der Waals surface area contributed by atoms with Crippen LogP contribution >= 0.6 is 11.8 Å². The second-order valence-corrected chi connectivity index (χ2v) is 9.34. The van der Waals surface area contributed by atoms with Crippen LogP contribution in [0.2, 0.25) is 0 Å². The van der Waals surface area contributed by atoms with Crippen LogP contribution in [0, 0.1) is 0 Å². The first kappa shape index (κ1) is 21.6. The summed E-state index contributed by atoms with van der Waals surface area (Å²) in [6.45, 7) is 1.96. The molecule has 5 rings (SSSR count). The molecule has 168 valence electrons. The van der Waals surface area contributed by atoms with Gasteiger partial charge in [0.2, 0.25) is 5.91 Å². The molecule has 0 fully saturated rings. The summed E-state index contributed by atoms with van der Waals surface area (Å²) in [6, 6.07) is 21.7. The molecular formula is C27H26N2O3S. The number of hydrogen-bond donors (Lipinski definition) is 0. The van der Waals surface area contributed by atoms with Crippen molar-refractivity contribution in [1.82, 2.24) is 4.90 Å². The van der Waals surface area contributed by atoms with Gasteiger partial charge in [0.1, 0.15) is 5.75 Å². The van der Waals surface area contributed by atoms with Crippen molar-refractivity contribution in [3.8, 4) is 5.75 Å². The largest absolute Gasteiger partial charge is 0.497 e. The van der Waals surface area contributed by atoms with Gasteiger partial charge in [-0.05, 0) is 59.9 Å². The monoisotopic (exact) mass is 458 g/mol. The Labute approximate surface area is 198 Å². The van der Waals surface area contributed by atoms with Crippen molar-refractivity contribution in [3.05, 3.63) is 89.0 Å². The molecule has 2 aliphatic heterocycles. The van der Waals surface area contributed by atoms with E-state index >= 15 is 0 Å².